The number of aromatic nitrogens is 4. The lowest BCUT2D eigenvalue weighted by Crippen LogP contribution is -2.11. The number of anilines is 1. The number of aromatic amines is 1. The van der Waals surface area contributed by atoms with Crippen molar-refractivity contribution in [2.24, 2.45) is 0 Å². The molecule has 0 aliphatic rings. The average molecular weight is 177 g/mol. The van der Waals surface area contributed by atoms with E-state index >= 15 is 0 Å². The number of aryl methyl sites for hydroxylation is 1. The van der Waals surface area contributed by atoms with E-state index in [-0.39, 0.29) is 11.5 Å². The molecule has 0 aromatic carbocycles. The molecule has 3 N–H and O–H groups in total. The van der Waals surface area contributed by atoms with Crippen LogP contribution in [0.3, 0.4) is 0 Å². The highest BCUT2D eigenvalue weighted by atomic mass is 16.1. The van der Waals surface area contributed by atoms with Crippen LogP contribution in [0.5, 0.6) is 0 Å². The Hall–Kier alpha value is -1.98. The molecule has 2 aromatic heterocycles. The van der Waals surface area contributed by atoms with E-state index in [2.05, 4.69) is 20.2 Å². The van der Waals surface area contributed by atoms with Crippen LogP contribution < -0.4 is 11.3 Å². The van der Waals surface area contributed by atoms with Crippen molar-refractivity contribution in [2.75, 3.05) is 5.73 Å². The summed E-state index contributed by atoms with van der Waals surface area (Å²) < 4.78 is 0. The predicted molar refractivity (Wildman–Crippen MR) is 47.1 cm³/mol. The number of H-pyrrole nitrogens is 1. The average Bonchev–Trinajstić information content (AvgIpc) is 2.12. The van der Waals surface area contributed by atoms with Crippen molar-refractivity contribution in [2.45, 2.75) is 6.92 Å². The van der Waals surface area contributed by atoms with Crippen molar-refractivity contribution in [1.82, 2.24) is 20.2 Å². The lowest BCUT2D eigenvalue weighted by atomic mass is 10.3. The molecule has 0 saturated heterocycles. The van der Waals surface area contributed by atoms with Gasteiger partial charge in [-0.25, -0.2) is 15.1 Å². The van der Waals surface area contributed by atoms with Crippen molar-refractivity contribution in [3.05, 3.63) is 22.2 Å². The van der Waals surface area contributed by atoms with E-state index in [1.54, 1.807) is 6.92 Å². The summed E-state index contributed by atoms with van der Waals surface area (Å²) in [5.41, 5.74) is 6.20. The Morgan fingerprint density at radius 1 is 1.54 bits per heavy atom. The SMILES string of the molecule is Cc1n[nH]c(=O)c2cnc(N)nc12. The number of hydrogen-bond acceptors (Lipinski definition) is 5. The Balaban J connectivity index is 3.01. The number of nitrogens with one attached hydrogen (secondary N) is 1. The van der Waals surface area contributed by atoms with Crippen LogP contribution in [0.1, 0.15) is 5.69 Å². The topological polar surface area (TPSA) is 97.5 Å². The zero-order valence-electron chi connectivity index (χ0n) is 6.90. The van der Waals surface area contributed by atoms with Gasteiger partial charge >= 0.3 is 0 Å². The number of rotatable bonds is 0. The van der Waals surface area contributed by atoms with Crippen molar-refractivity contribution < 1.29 is 0 Å². The molecule has 2 heterocycles. The molecule has 0 fully saturated rings. The Kier molecular flexibility index (Phi) is 1.48. The van der Waals surface area contributed by atoms with Crippen LogP contribution in [-0.4, -0.2) is 20.2 Å². The molecule has 0 radical (unpaired) electrons. The molecule has 6 heteroatoms. The van der Waals surface area contributed by atoms with Crippen LogP contribution in [0.25, 0.3) is 10.9 Å². The molecular weight excluding hydrogens is 170 g/mol. The van der Waals surface area contributed by atoms with Gasteiger partial charge < -0.3 is 5.73 Å². The van der Waals surface area contributed by atoms with Gasteiger partial charge in [0.25, 0.3) is 5.56 Å². The second kappa shape index (κ2) is 2.51. The second-order valence-electron chi connectivity index (χ2n) is 2.63. The number of nitrogens with two attached hydrogens (primary N) is 1. The fourth-order valence-electron chi connectivity index (χ4n) is 1.09. The molecular formula is C7H7N5O. The van der Waals surface area contributed by atoms with Crippen molar-refractivity contribution in [1.29, 1.82) is 0 Å². The van der Waals surface area contributed by atoms with Crippen LogP contribution in [0.15, 0.2) is 11.0 Å². The summed E-state index contributed by atoms with van der Waals surface area (Å²) in [7, 11) is 0. The molecule has 0 amide bonds. The van der Waals surface area contributed by atoms with Crippen LogP contribution in [0.4, 0.5) is 5.95 Å². The van der Waals surface area contributed by atoms with Gasteiger partial charge in [0.1, 0.15) is 5.52 Å². The Morgan fingerprint density at radius 2 is 2.31 bits per heavy atom. The van der Waals surface area contributed by atoms with Gasteiger partial charge in [0.15, 0.2) is 0 Å². The zero-order valence-corrected chi connectivity index (χ0v) is 6.90. The lowest BCUT2D eigenvalue weighted by Gasteiger charge is -1.98. The standard InChI is InChI=1S/C7H7N5O/c1-3-5-4(6(13)12-11-3)2-9-7(8)10-5/h2H,1H3,(H,12,13)(H2,8,9,10). The van der Waals surface area contributed by atoms with Crippen molar-refractivity contribution >= 4 is 16.9 Å². The minimum Gasteiger partial charge on any atom is -0.368 e. The summed E-state index contributed by atoms with van der Waals surface area (Å²) >= 11 is 0. The fourth-order valence-corrected chi connectivity index (χ4v) is 1.09. The van der Waals surface area contributed by atoms with E-state index in [1.165, 1.54) is 6.20 Å². The zero-order chi connectivity index (χ0) is 9.42. The minimum atomic E-state index is -0.305. The molecule has 0 saturated carbocycles. The van der Waals surface area contributed by atoms with E-state index in [0.717, 1.165) is 0 Å². The summed E-state index contributed by atoms with van der Waals surface area (Å²) in [6.07, 6.45) is 1.39. The van der Waals surface area contributed by atoms with E-state index in [9.17, 15) is 4.79 Å². The molecule has 0 atom stereocenters. The molecule has 2 aromatic rings. The van der Waals surface area contributed by atoms with Gasteiger partial charge in [-0.15, -0.1) is 0 Å². The summed E-state index contributed by atoms with van der Waals surface area (Å²) in [6.45, 7) is 1.74. The number of fused-ring (bicyclic) bond motifs is 1. The Labute approximate surface area is 72.8 Å². The molecule has 0 aliphatic carbocycles. The van der Waals surface area contributed by atoms with E-state index in [4.69, 9.17) is 5.73 Å². The summed E-state index contributed by atoms with van der Waals surface area (Å²) in [5, 5.41) is 6.50. The first-order chi connectivity index (χ1) is 6.18. The maximum atomic E-state index is 11.2. The highest BCUT2D eigenvalue weighted by Gasteiger charge is 2.04. The second-order valence-corrected chi connectivity index (χ2v) is 2.63. The van der Waals surface area contributed by atoms with E-state index < -0.39 is 0 Å². The van der Waals surface area contributed by atoms with Crippen molar-refractivity contribution in [3.63, 3.8) is 0 Å². The predicted octanol–water partition coefficient (Wildman–Crippen LogP) is -0.396. The largest absolute Gasteiger partial charge is 0.368 e. The third kappa shape index (κ3) is 1.12. The van der Waals surface area contributed by atoms with Crippen LogP contribution in [0, 0.1) is 6.92 Å². The monoisotopic (exact) mass is 177 g/mol. The maximum Gasteiger partial charge on any atom is 0.275 e. The minimum absolute atomic E-state index is 0.142. The van der Waals surface area contributed by atoms with E-state index in [1.807, 2.05) is 0 Å². The Morgan fingerprint density at radius 3 is 3.08 bits per heavy atom. The number of hydrogen-bond donors (Lipinski definition) is 2. The van der Waals surface area contributed by atoms with Gasteiger partial charge in [-0.3, -0.25) is 4.79 Å². The highest BCUT2D eigenvalue weighted by molar-refractivity contribution is 5.78. The molecule has 2 rings (SSSR count). The Bertz CT molecular complexity index is 518. The van der Waals surface area contributed by atoms with Gasteiger partial charge in [0.2, 0.25) is 5.95 Å². The van der Waals surface area contributed by atoms with Gasteiger partial charge in [-0.05, 0) is 6.92 Å². The third-order valence-electron chi connectivity index (χ3n) is 1.72. The molecule has 0 bridgehead atoms. The summed E-state index contributed by atoms with van der Waals surface area (Å²) in [5.74, 6) is 0.142. The molecule has 6 nitrogen and oxygen atoms in total. The van der Waals surface area contributed by atoms with Crippen molar-refractivity contribution in [3.8, 4) is 0 Å². The molecule has 0 unspecified atom stereocenters. The fraction of sp³-hybridized carbons (Fsp3) is 0.143. The first kappa shape index (κ1) is 7.66. The van der Waals surface area contributed by atoms with E-state index in [0.29, 0.717) is 16.6 Å². The number of nitrogen functional groups attached to an aromatic ring is 1. The summed E-state index contributed by atoms with van der Waals surface area (Å²) in [4.78, 5) is 18.9. The lowest BCUT2D eigenvalue weighted by molar-refractivity contribution is 0.960. The van der Waals surface area contributed by atoms with Gasteiger partial charge in [-0.1, -0.05) is 0 Å². The first-order valence-electron chi connectivity index (χ1n) is 3.66. The number of nitrogens with zero attached hydrogens (tertiary/aromatic N) is 3. The van der Waals surface area contributed by atoms with Crippen LogP contribution in [-0.2, 0) is 0 Å². The summed E-state index contributed by atoms with van der Waals surface area (Å²) in [6, 6.07) is 0. The first-order valence-corrected chi connectivity index (χ1v) is 3.66. The third-order valence-corrected chi connectivity index (χ3v) is 1.72. The van der Waals surface area contributed by atoms with Crippen LogP contribution in [0.2, 0.25) is 0 Å². The molecule has 0 aliphatic heterocycles. The van der Waals surface area contributed by atoms with Gasteiger partial charge in [0, 0.05) is 6.20 Å². The van der Waals surface area contributed by atoms with Gasteiger partial charge in [-0.2, -0.15) is 5.10 Å². The van der Waals surface area contributed by atoms with Gasteiger partial charge in [0.05, 0.1) is 11.1 Å². The smallest absolute Gasteiger partial charge is 0.275 e. The quantitative estimate of drug-likeness (QED) is 0.570. The molecule has 0 spiro atoms. The molecule has 66 valence electrons. The normalized spacial score (nSPS) is 10.5. The molecule has 13 heavy (non-hydrogen) atoms. The maximum absolute atomic E-state index is 11.2. The van der Waals surface area contributed by atoms with Crippen LogP contribution >= 0.6 is 0 Å². The highest BCUT2D eigenvalue weighted by Crippen LogP contribution is 2.08.